The molecule has 23 heteroatoms. The highest BCUT2D eigenvalue weighted by molar-refractivity contribution is 6.31. The summed E-state index contributed by atoms with van der Waals surface area (Å²) in [6.07, 6.45) is 1.32. The van der Waals surface area contributed by atoms with Gasteiger partial charge in [-0.05, 0) is 118 Å². The van der Waals surface area contributed by atoms with E-state index in [0.29, 0.717) is 69.3 Å². The van der Waals surface area contributed by atoms with Gasteiger partial charge in [0.05, 0.1) is 89.8 Å². The van der Waals surface area contributed by atoms with Crippen LogP contribution in [0.15, 0.2) is 162 Å². The standard InChI is InChI=1S/C70H70N6O17/c1-10-36-29(3)40-23-42-31(5)38(60(74-42)55-58(68(86)90-9)64(82)52-32(6)43(75-61(52)55)25-45-37(11-2)30(4)41(73-45)24-44(36)72-40)19-20-49(77)71-35-17-15-34(16-18-35)28-91-69(87)76-46-26-51(92-33(7)62(46)80)93-48-21-22-70(88,27-50(78)79)59-54(48)66(84)56-57(67(59)85)65(83)53-39(63(56)81)13-12-14-47(53)89-8/h10,12-18,23-25,31,33,38,46,48,51,58,62,74,80,82,84-85,88H,1,11,19-22,26-28H2,2-9H3,(H,71,77)(H,76,87)(H,78,79)/t31-,33+,38-,46?,48-,51+,58?,62-,70-/m0/s1. The molecule has 2 unspecified atom stereocenters. The van der Waals surface area contributed by atoms with E-state index in [9.17, 15) is 59.4 Å². The predicted octanol–water partition coefficient (Wildman–Crippen LogP) is 9.16. The molecule has 9 N–H and O–H groups in total. The Bertz CT molecular complexity index is 4250. The third-order valence-corrected chi connectivity index (χ3v) is 19.2. The zero-order chi connectivity index (χ0) is 66.4. The molecule has 3 aromatic rings. The number of esters is 1. The van der Waals surface area contributed by atoms with Crippen molar-refractivity contribution < 1.29 is 83.1 Å². The summed E-state index contributed by atoms with van der Waals surface area (Å²) in [5.41, 5.74) is 7.02. The lowest BCUT2D eigenvalue weighted by atomic mass is 9.70. The maximum absolute atomic E-state index is 14.1. The molecule has 12 rings (SSSR count). The number of nitrogens with zero attached hydrogens (tertiary/aromatic N) is 3. The molecule has 3 aromatic carbocycles. The number of benzene rings is 3. The van der Waals surface area contributed by atoms with E-state index in [0.717, 1.165) is 39.4 Å². The van der Waals surface area contributed by atoms with Crippen LogP contribution in [0, 0.1) is 17.8 Å². The Hall–Kier alpha value is -9.81. The van der Waals surface area contributed by atoms with E-state index in [1.165, 1.54) is 39.3 Å². The summed E-state index contributed by atoms with van der Waals surface area (Å²) < 4.78 is 28.6. The van der Waals surface area contributed by atoms with Crippen LogP contribution in [-0.2, 0) is 45.5 Å². The SMILES string of the molecule is C=CC1=C(C)C2=NC1=CC1=NC(=CC3=C(C)C4=C(O)C(C(=O)OC)C(=C5NC(=C2)[C@@H](C)[C@@H]5CCC(=O)Nc2ccc(COC(=O)NC5C[C@@H](O[C@H]6CC[C@](O)(CC(=O)O)c7c(O)c8c(c(O)c76)C(=O)c6cccc(OC)c6C8=O)O[C@H](C)[C@@H]5O)cc2)C4=N3)C(CC)=C1C. The van der Waals surface area contributed by atoms with Gasteiger partial charge >= 0.3 is 18.0 Å². The number of phenolic OH excluding ortho intramolecular Hbond substituents is 2. The Morgan fingerprint density at radius 3 is 2.31 bits per heavy atom. The van der Waals surface area contributed by atoms with Crippen LogP contribution in [0.3, 0.4) is 0 Å². The van der Waals surface area contributed by atoms with Crippen molar-refractivity contribution >= 4 is 58.3 Å². The van der Waals surface area contributed by atoms with Gasteiger partial charge in [0, 0.05) is 75.2 Å². The Morgan fingerprint density at radius 2 is 1.61 bits per heavy atom. The van der Waals surface area contributed by atoms with Crippen LogP contribution in [0.2, 0.25) is 0 Å². The summed E-state index contributed by atoms with van der Waals surface area (Å²) in [5, 5.41) is 78.2. The Kier molecular flexibility index (Phi) is 16.6. The molecular formula is C70H70N6O17. The first kappa shape index (κ1) is 63.3. The van der Waals surface area contributed by atoms with Gasteiger partial charge in [-0.25, -0.2) is 19.8 Å². The smallest absolute Gasteiger partial charge is 0.407 e. The van der Waals surface area contributed by atoms with E-state index in [1.807, 2.05) is 45.9 Å². The number of carbonyl (C=O) groups is 6. The monoisotopic (exact) mass is 1270 g/mol. The number of aliphatic imine (C=N–C) groups is 3. The minimum absolute atomic E-state index is 0.00796. The van der Waals surface area contributed by atoms with Crippen molar-refractivity contribution in [1.82, 2.24) is 10.6 Å². The fourth-order valence-electron chi connectivity index (χ4n) is 14.3. The van der Waals surface area contributed by atoms with Crippen LogP contribution in [0.5, 0.6) is 17.2 Å². The molecule has 6 heterocycles. The number of aliphatic carboxylic acids is 1. The molecule has 2 amide bonds. The maximum Gasteiger partial charge on any atom is 0.407 e. The minimum Gasteiger partial charge on any atom is -0.510 e. The van der Waals surface area contributed by atoms with Crippen LogP contribution in [0.1, 0.15) is 141 Å². The molecule has 9 aliphatic rings. The number of rotatable bonds is 15. The number of carboxylic acids is 1. The molecule has 2 saturated heterocycles. The number of ether oxygens (including phenoxy) is 5. The van der Waals surface area contributed by atoms with Crippen molar-refractivity contribution in [2.45, 2.75) is 129 Å². The number of hydrogen-bond acceptors (Lipinski definition) is 20. The van der Waals surface area contributed by atoms with E-state index in [-0.39, 0.29) is 72.3 Å². The zero-order valence-electron chi connectivity index (χ0n) is 52.3. The number of phenols is 2. The average Bonchev–Trinajstić information content (AvgIpc) is 1.05. The van der Waals surface area contributed by atoms with E-state index in [4.69, 9.17) is 38.7 Å². The second-order valence-corrected chi connectivity index (χ2v) is 24.5. The summed E-state index contributed by atoms with van der Waals surface area (Å²) >= 11 is 0. The van der Waals surface area contributed by atoms with Gasteiger partial charge < -0.3 is 70.3 Å². The van der Waals surface area contributed by atoms with Gasteiger partial charge in [0.1, 0.15) is 47.2 Å². The Labute approximate surface area is 534 Å². The molecule has 93 heavy (non-hydrogen) atoms. The van der Waals surface area contributed by atoms with Crippen molar-refractivity contribution in [3.05, 3.63) is 186 Å². The quantitative estimate of drug-likeness (QED) is 0.0395. The van der Waals surface area contributed by atoms with Crippen LogP contribution in [0.4, 0.5) is 10.5 Å². The molecule has 2 fully saturated rings. The van der Waals surface area contributed by atoms with Gasteiger partial charge in [0.2, 0.25) is 11.7 Å². The van der Waals surface area contributed by atoms with Gasteiger partial charge in [-0.3, -0.25) is 24.0 Å². The number of alkyl carbamates (subject to hydrolysis) is 1. The van der Waals surface area contributed by atoms with Crippen LogP contribution in [0.25, 0.3) is 0 Å². The second-order valence-electron chi connectivity index (χ2n) is 24.5. The summed E-state index contributed by atoms with van der Waals surface area (Å²) in [6, 6.07) is 9.85. The highest BCUT2D eigenvalue weighted by Gasteiger charge is 2.52. The third kappa shape index (κ3) is 10.8. The van der Waals surface area contributed by atoms with Crippen LogP contribution in [-0.4, -0.2) is 122 Å². The molecule has 0 radical (unpaired) electrons. The number of aliphatic hydroxyl groups excluding tert-OH is 2. The lowest BCUT2D eigenvalue weighted by Gasteiger charge is -2.43. The summed E-state index contributed by atoms with van der Waals surface area (Å²) in [4.78, 5) is 96.9. The van der Waals surface area contributed by atoms with Gasteiger partial charge in [-0.1, -0.05) is 50.8 Å². The number of nitrogens with one attached hydrogen (secondary N) is 3. The number of aromatic hydroxyl groups is 2. The molecule has 23 nitrogen and oxygen atoms in total. The number of amides is 2. The molecule has 9 atom stereocenters. The summed E-state index contributed by atoms with van der Waals surface area (Å²) in [6.45, 7) is 15.4. The molecule has 482 valence electrons. The van der Waals surface area contributed by atoms with Crippen molar-refractivity contribution in [3.63, 3.8) is 0 Å². The average molecular weight is 1270 g/mol. The van der Waals surface area contributed by atoms with Crippen LogP contribution >= 0.6 is 0 Å². The summed E-state index contributed by atoms with van der Waals surface area (Å²) in [7, 11) is 2.55. The largest absolute Gasteiger partial charge is 0.510 e. The van der Waals surface area contributed by atoms with Gasteiger partial charge in [-0.2, -0.15) is 0 Å². The zero-order valence-corrected chi connectivity index (χ0v) is 52.3. The first-order chi connectivity index (χ1) is 44.4. The molecule has 8 bridgehead atoms. The van der Waals surface area contributed by atoms with Crippen molar-refractivity contribution in [2.24, 2.45) is 32.7 Å². The lowest BCUT2D eigenvalue weighted by Crippen LogP contribution is -2.55. The number of methoxy groups -OCH3 is 2. The van der Waals surface area contributed by atoms with E-state index >= 15 is 0 Å². The molecule has 0 aromatic heterocycles. The molecule has 0 saturated carbocycles. The predicted molar refractivity (Wildman–Crippen MR) is 338 cm³/mol. The molecule has 0 spiro atoms. The third-order valence-electron chi connectivity index (χ3n) is 19.2. The molecule has 3 aliphatic carbocycles. The second kappa shape index (κ2) is 24.3. The van der Waals surface area contributed by atoms with Crippen LogP contribution < -0.4 is 20.7 Å². The Morgan fingerprint density at radius 1 is 0.892 bits per heavy atom. The molecular weight excluding hydrogens is 1200 g/mol. The van der Waals surface area contributed by atoms with Gasteiger partial charge in [0.15, 0.2) is 12.1 Å². The number of carbonyl (C=O) groups excluding carboxylic acids is 5. The molecule has 6 aliphatic heterocycles. The number of carboxylic acid groups (broad SMARTS) is 1. The fourth-order valence-corrected chi connectivity index (χ4v) is 14.3. The van der Waals surface area contributed by atoms with Gasteiger partial charge in [0.25, 0.3) is 0 Å². The maximum atomic E-state index is 14.1. The number of anilines is 1. The van der Waals surface area contributed by atoms with E-state index in [1.54, 1.807) is 30.3 Å². The first-order valence-electron chi connectivity index (χ1n) is 30.7. The van der Waals surface area contributed by atoms with E-state index < -0.39 is 112 Å². The summed E-state index contributed by atoms with van der Waals surface area (Å²) in [5.74, 6) is -7.94. The number of ketones is 2. The van der Waals surface area contributed by atoms with E-state index in [2.05, 4.69) is 29.5 Å². The Balaban J connectivity index is 0.726. The highest BCUT2D eigenvalue weighted by Crippen LogP contribution is 2.57. The van der Waals surface area contributed by atoms with Crippen molar-refractivity contribution in [3.8, 4) is 17.2 Å². The lowest BCUT2D eigenvalue weighted by molar-refractivity contribution is -0.246. The number of aliphatic hydroxyl groups is 3. The first-order valence-corrected chi connectivity index (χ1v) is 30.7. The highest BCUT2D eigenvalue weighted by atomic mass is 16.7. The topological polar surface area (TPSA) is 343 Å². The van der Waals surface area contributed by atoms with Gasteiger partial charge in [-0.15, -0.1) is 0 Å². The number of allylic oxidation sites excluding steroid dienone is 11. The number of fused-ring (bicyclic) bond motifs is 8. The van der Waals surface area contributed by atoms with Crippen molar-refractivity contribution in [1.29, 1.82) is 0 Å². The fraction of sp³-hybridized carbons (Fsp3) is 0.357. The minimum atomic E-state index is -2.35. The number of hydrogen-bond donors (Lipinski definition) is 9. The van der Waals surface area contributed by atoms with Crippen molar-refractivity contribution in [2.75, 3.05) is 19.5 Å². The normalized spacial score (nSPS) is 25.9.